The van der Waals surface area contributed by atoms with E-state index in [-0.39, 0.29) is 34.5 Å². The lowest BCUT2D eigenvalue weighted by Gasteiger charge is -2.69. The molecule has 4 rings (SSSR count). The average molecular weight is 457 g/mol. The molecule has 0 bridgehead atoms. The molecule has 0 aromatic rings. The van der Waals surface area contributed by atoms with Gasteiger partial charge in [-0.1, -0.05) is 67.0 Å². The van der Waals surface area contributed by atoms with Crippen LogP contribution in [0.15, 0.2) is 11.6 Å². The van der Waals surface area contributed by atoms with Gasteiger partial charge < -0.3 is 9.90 Å². The third-order valence-corrected chi connectivity index (χ3v) is 12.1. The minimum absolute atomic E-state index is 0.0691. The number of carbonyl (C=O) groups excluding carboxylic acids is 1. The molecule has 0 aromatic heterocycles. The number of allylic oxidation sites excluding steroid dienone is 2. The topological polar surface area (TPSA) is 54.4 Å². The molecule has 0 radical (unpaired) electrons. The lowest BCUT2D eigenvalue weighted by atomic mass is 9.35. The maximum atomic E-state index is 12.2. The molecule has 3 heteroatoms. The van der Waals surface area contributed by atoms with Crippen LogP contribution in [0.5, 0.6) is 0 Å². The lowest BCUT2D eigenvalue weighted by molar-refractivity contribution is -0.176. The summed E-state index contributed by atoms with van der Waals surface area (Å²) in [6.45, 7) is 18.7. The van der Waals surface area contributed by atoms with Gasteiger partial charge in [0.2, 0.25) is 0 Å². The van der Waals surface area contributed by atoms with Crippen LogP contribution >= 0.6 is 0 Å². The first-order chi connectivity index (χ1) is 15.0. The van der Waals surface area contributed by atoms with Crippen LogP contribution in [0.1, 0.15) is 113 Å². The predicted molar refractivity (Wildman–Crippen MR) is 134 cm³/mol. The summed E-state index contributed by atoms with van der Waals surface area (Å²) in [6, 6.07) is 0. The number of aldehydes is 1. The second-order valence-electron chi connectivity index (χ2n) is 14.9. The Bertz CT molecular complexity index is 868. The molecule has 1 N–H and O–H groups in total. The maximum Gasteiger partial charge on any atom is 0.303 e. The van der Waals surface area contributed by atoms with E-state index in [4.69, 9.17) is 0 Å². The molecule has 0 saturated heterocycles. The quantitative estimate of drug-likeness (QED) is 0.348. The largest absolute Gasteiger partial charge is 0.481 e. The van der Waals surface area contributed by atoms with Gasteiger partial charge in [0.25, 0.3) is 0 Å². The standard InChI is InChI=1S/C30H48O3/c1-25(2)13-14-27(5)15-16-29(7)20(21(27)17-25)9-10-23-28(6,18-24(32)33)22(26(3,4)19-31)11-12-30(23,29)8/h9,19,21-23H,10-18H2,1-8H3,(H,32,33)/t21-,22-,23+,27+,28-,29+,30+/m0/s1. The van der Waals surface area contributed by atoms with Crippen LogP contribution in [-0.4, -0.2) is 17.4 Å². The van der Waals surface area contributed by atoms with Crippen molar-refractivity contribution in [3.05, 3.63) is 11.6 Å². The molecule has 7 atom stereocenters. The normalized spacial score (nSPS) is 46.9. The van der Waals surface area contributed by atoms with Gasteiger partial charge in [-0.25, -0.2) is 0 Å². The minimum Gasteiger partial charge on any atom is -0.481 e. The Labute approximate surface area is 202 Å². The van der Waals surface area contributed by atoms with E-state index in [0.29, 0.717) is 16.7 Å². The maximum absolute atomic E-state index is 12.2. The highest BCUT2D eigenvalue weighted by Crippen LogP contribution is 2.74. The van der Waals surface area contributed by atoms with E-state index in [1.807, 2.05) is 13.8 Å². The Morgan fingerprint density at radius 2 is 1.70 bits per heavy atom. The van der Waals surface area contributed by atoms with Gasteiger partial charge in [-0.2, -0.15) is 0 Å². The van der Waals surface area contributed by atoms with Crippen LogP contribution in [-0.2, 0) is 9.59 Å². The van der Waals surface area contributed by atoms with E-state index in [1.54, 1.807) is 5.57 Å². The molecule has 0 amide bonds. The Morgan fingerprint density at radius 3 is 2.30 bits per heavy atom. The molecule has 3 nitrogen and oxygen atoms in total. The fraction of sp³-hybridized carbons (Fsp3) is 0.867. The van der Waals surface area contributed by atoms with Crippen LogP contribution in [0.3, 0.4) is 0 Å². The molecule has 4 aliphatic rings. The van der Waals surface area contributed by atoms with Gasteiger partial charge in [-0.15, -0.1) is 0 Å². The number of hydrogen-bond donors (Lipinski definition) is 1. The van der Waals surface area contributed by atoms with Crippen molar-refractivity contribution in [2.75, 3.05) is 0 Å². The lowest BCUT2D eigenvalue weighted by Crippen LogP contribution is -2.62. The summed E-state index contributed by atoms with van der Waals surface area (Å²) >= 11 is 0. The summed E-state index contributed by atoms with van der Waals surface area (Å²) in [5.41, 5.74) is 1.79. The van der Waals surface area contributed by atoms with Gasteiger partial charge in [0.15, 0.2) is 0 Å². The van der Waals surface area contributed by atoms with Gasteiger partial charge in [0.05, 0.1) is 6.42 Å². The van der Waals surface area contributed by atoms with Crippen LogP contribution in [0.2, 0.25) is 0 Å². The van der Waals surface area contributed by atoms with E-state index in [0.717, 1.165) is 25.5 Å². The first-order valence-corrected chi connectivity index (χ1v) is 13.4. The zero-order chi connectivity index (χ0) is 24.7. The van der Waals surface area contributed by atoms with Crippen molar-refractivity contribution in [2.24, 2.45) is 50.2 Å². The Kier molecular flexibility index (Phi) is 5.63. The Morgan fingerprint density at radius 1 is 1.06 bits per heavy atom. The monoisotopic (exact) mass is 456 g/mol. The van der Waals surface area contributed by atoms with E-state index in [9.17, 15) is 14.7 Å². The van der Waals surface area contributed by atoms with E-state index >= 15 is 0 Å². The number of fused-ring (bicyclic) bond motifs is 5. The second kappa shape index (κ2) is 7.44. The number of carboxylic acid groups (broad SMARTS) is 1. The summed E-state index contributed by atoms with van der Waals surface area (Å²) < 4.78 is 0. The zero-order valence-electron chi connectivity index (χ0n) is 22.5. The molecule has 3 fully saturated rings. The van der Waals surface area contributed by atoms with Crippen molar-refractivity contribution < 1.29 is 14.7 Å². The van der Waals surface area contributed by atoms with Crippen molar-refractivity contribution in [1.82, 2.24) is 0 Å². The SMILES string of the molecule is CC1(C)CC[C@]2(C)CC[C@]3(C)C(=CC[C@@H]4[C@@](C)(CC(=O)O)[C@H](C(C)(C)C=O)CC[C@]43C)[C@@H]2C1. The van der Waals surface area contributed by atoms with Crippen LogP contribution in [0.4, 0.5) is 0 Å². The highest BCUT2D eigenvalue weighted by atomic mass is 16.4. The smallest absolute Gasteiger partial charge is 0.303 e. The third kappa shape index (κ3) is 3.49. The molecule has 0 heterocycles. The van der Waals surface area contributed by atoms with Crippen LogP contribution < -0.4 is 0 Å². The minimum atomic E-state index is -0.723. The molecule has 0 spiro atoms. The molecule has 33 heavy (non-hydrogen) atoms. The highest BCUT2D eigenvalue weighted by molar-refractivity contribution is 5.68. The fourth-order valence-corrected chi connectivity index (χ4v) is 9.76. The Hall–Kier alpha value is -1.12. The number of carbonyl (C=O) groups is 2. The number of rotatable bonds is 4. The summed E-state index contributed by atoms with van der Waals surface area (Å²) in [7, 11) is 0. The van der Waals surface area contributed by atoms with E-state index in [2.05, 4.69) is 47.6 Å². The molecule has 4 aliphatic carbocycles. The van der Waals surface area contributed by atoms with E-state index in [1.165, 1.54) is 32.1 Å². The number of carboxylic acids is 1. The summed E-state index contributed by atoms with van der Waals surface area (Å²) in [5, 5.41) is 10.0. The Balaban J connectivity index is 1.82. The zero-order valence-corrected chi connectivity index (χ0v) is 22.5. The van der Waals surface area contributed by atoms with Gasteiger partial charge >= 0.3 is 5.97 Å². The van der Waals surface area contributed by atoms with Gasteiger partial charge in [0.1, 0.15) is 6.29 Å². The summed E-state index contributed by atoms with van der Waals surface area (Å²) in [4.78, 5) is 24.3. The highest BCUT2D eigenvalue weighted by Gasteiger charge is 2.66. The van der Waals surface area contributed by atoms with Crippen molar-refractivity contribution >= 4 is 12.3 Å². The number of aliphatic carboxylic acids is 1. The molecular weight excluding hydrogens is 408 g/mol. The fourth-order valence-electron chi connectivity index (χ4n) is 9.76. The molecule has 0 aromatic carbocycles. The first-order valence-electron chi connectivity index (χ1n) is 13.4. The molecule has 186 valence electrons. The first kappa shape index (κ1) is 25.0. The average Bonchev–Trinajstić information content (AvgIpc) is 2.69. The molecular formula is C30H48O3. The van der Waals surface area contributed by atoms with Gasteiger partial charge in [-0.3, -0.25) is 4.79 Å². The van der Waals surface area contributed by atoms with Gasteiger partial charge in [-0.05, 0) is 96.2 Å². The second-order valence-corrected chi connectivity index (χ2v) is 14.9. The molecule has 0 unspecified atom stereocenters. The summed E-state index contributed by atoms with van der Waals surface area (Å²) in [5.74, 6) is 0.303. The van der Waals surface area contributed by atoms with Crippen molar-refractivity contribution in [2.45, 2.75) is 113 Å². The summed E-state index contributed by atoms with van der Waals surface area (Å²) in [6.07, 6.45) is 13.2. The van der Waals surface area contributed by atoms with Crippen molar-refractivity contribution in [1.29, 1.82) is 0 Å². The van der Waals surface area contributed by atoms with Gasteiger partial charge in [0, 0.05) is 5.41 Å². The van der Waals surface area contributed by atoms with Crippen molar-refractivity contribution in [3.63, 3.8) is 0 Å². The van der Waals surface area contributed by atoms with E-state index < -0.39 is 11.4 Å². The predicted octanol–water partition coefficient (Wildman–Crippen LogP) is 7.69. The van der Waals surface area contributed by atoms with Crippen molar-refractivity contribution in [3.8, 4) is 0 Å². The third-order valence-electron chi connectivity index (χ3n) is 12.1. The number of hydrogen-bond acceptors (Lipinski definition) is 2. The molecule has 3 saturated carbocycles. The van der Waals surface area contributed by atoms with Crippen LogP contribution in [0.25, 0.3) is 0 Å². The molecule has 0 aliphatic heterocycles. The van der Waals surface area contributed by atoms with Crippen LogP contribution in [0, 0.1) is 50.2 Å².